The van der Waals surface area contributed by atoms with Crippen LogP contribution in [0.1, 0.15) is 28.6 Å². The molecular formula is C11H14F3NO2S. The minimum atomic E-state index is -4.27. The topological polar surface area (TPSA) is 40.5 Å². The van der Waals surface area contributed by atoms with Gasteiger partial charge < -0.3 is 5.11 Å². The van der Waals surface area contributed by atoms with Gasteiger partial charge in [-0.25, -0.2) is 4.79 Å². The monoisotopic (exact) mass is 281 g/mol. The Morgan fingerprint density at radius 1 is 1.50 bits per heavy atom. The molecule has 0 amide bonds. The molecule has 0 atom stereocenters. The van der Waals surface area contributed by atoms with Crippen LogP contribution in [0, 0.1) is 0 Å². The van der Waals surface area contributed by atoms with Gasteiger partial charge in [-0.2, -0.15) is 13.2 Å². The number of hydrogen-bond donors (Lipinski definition) is 1. The van der Waals surface area contributed by atoms with Crippen molar-refractivity contribution in [1.29, 1.82) is 0 Å². The van der Waals surface area contributed by atoms with Crippen LogP contribution in [0.25, 0.3) is 0 Å². The van der Waals surface area contributed by atoms with Crippen molar-refractivity contribution in [3.05, 3.63) is 21.9 Å². The van der Waals surface area contributed by atoms with Crippen LogP contribution in [0.5, 0.6) is 0 Å². The van der Waals surface area contributed by atoms with E-state index in [9.17, 15) is 18.0 Å². The van der Waals surface area contributed by atoms with E-state index in [-0.39, 0.29) is 18.0 Å². The normalized spacial score (nSPS) is 12.1. The van der Waals surface area contributed by atoms with Gasteiger partial charge in [-0.05, 0) is 30.0 Å². The van der Waals surface area contributed by atoms with Gasteiger partial charge in [0.15, 0.2) is 0 Å². The highest BCUT2D eigenvalue weighted by Crippen LogP contribution is 2.22. The lowest BCUT2D eigenvalue weighted by molar-refractivity contribution is -0.147. The fourth-order valence-corrected chi connectivity index (χ4v) is 2.43. The number of hydrogen-bond acceptors (Lipinski definition) is 3. The molecule has 0 radical (unpaired) electrons. The highest BCUT2D eigenvalue weighted by Gasteiger charge is 2.30. The van der Waals surface area contributed by atoms with E-state index in [1.165, 1.54) is 4.90 Å². The number of carboxylic acid groups (broad SMARTS) is 1. The number of aromatic carboxylic acids is 1. The van der Waals surface area contributed by atoms with Crippen molar-refractivity contribution in [2.24, 2.45) is 0 Å². The summed E-state index contributed by atoms with van der Waals surface area (Å²) in [6.45, 7) is 1.07. The first-order valence-corrected chi connectivity index (χ1v) is 6.30. The van der Waals surface area contributed by atoms with Crippen molar-refractivity contribution in [3.63, 3.8) is 0 Å². The molecule has 0 bridgehead atoms. The zero-order chi connectivity index (χ0) is 13.8. The standard InChI is InChI=1S/C11H14F3NO2S/c1-2-4-15(7-11(12,13)14)6-8-3-5-18-9(8)10(16)17/h3,5H,2,4,6-7H2,1H3,(H,16,17). The van der Waals surface area contributed by atoms with Crippen molar-refractivity contribution in [3.8, 4) is 0 Å². The van der Waals surface area contributed by atoms with E-state index in [2.05, 4.69) is 0 Å². The third kappa shape index (κ3) is 4.66. The number of carboxylic acids is 1. The third-order valence-corrected chi connectivity index (χ3v) is 3.22. The smallest absolute Gasteiger partial charge is 0.401 e. The van der Waals surface area contributed by atoms with E-state index in [0.29, 0.717) is 12.0 Å². The molecule has 1 aromatic rings. The molecule has 0 aliphatic rings. The van der Waals surface area contributed by atoms with Crippen molar-refractivity contribution >= 4 is 17.3 Å². The van der Waals surface area contributed by atoms with Gasteiger partial charge >= 0.3 is 12.1 Å². The van der Waals surface area contributed by atoms with Crippen molar-refractivity contribution in [2.75, 3.05) is 13.1 Å². The van der Waals surface area contributed by atoms with Crippen LogP contribution in [0.3, 0.4) is 0 Å². The van der Waals surface area contributed by atoms with E-state index in [1.807, 2.05) is 0 Å². The summed E-state index contributed by atoms with van der Waals surface area (Å²) >= 11 is 1.03. The largest absolute Gasteiger partial charge is 0.477 e. The lowest BCUT2D eigenvalue weighted by Crippen LogP contribution is -2.34. The highest BCUT2D eigenvalue weighted by molar-refractivity contribution is 7.12. The molecule has 0 saturated carbocycles. The van der Waals surface area contributed by atoms with Crippen LogP contribution < -0.4 is 0 Å². The molecule has 7 heteroatoms. The first-order chi connectivity index (χ1) is 8.33. The maximum atomic E-state index is 12.4. The Kier molecular flexibility index (Phi) is 5.15. The maximum absolute atomic E-state index is 12.4. The minimum Gasteiger partial charge on any atom is -0.477 e. The first-order valence-electron chi connectivity index (χ1n) is 5.42. The summed E-state index contributed by atoms with van der Waals surface area (Å²) < 4.78 is 37.1. The summed E-state index contributed by atoms with van der Waals surface area (Å²) in [4.78, 5) is 12.2. The predicted octanol–water partition coefficient (Wildman–Crippen LogP) is 3.22. The Balaban J connectivity index is 2.76. The summed E-state index contributed by atoms with van der Waals surface area (Å²) in [5.74, 6) is -1.09. The SMILES string of the molecule is CCCN(Cc1ccsc1C(=O)O)CC(F)(F)F. The fraction of sp³-hybridized carbons (Fsp3) is 0.545. The van der Waals surface area contributed by atoms with Crippen LogP contribution >= 0.6 is 11.3 Å². The molecule has 0 aliphatic heterocycles. The molecule has 0 aromatic carbocycles. The molecule has 3 nitrogen and oxygen atoms in total. The molecule has 0 aliphatic carbocycles. The minimum absolute atomic E-state index is 0.0124. The number of thiophene rings is 1. The summed E-state index contributed by atoms with van der Waals surface area (Å²) in [5, 5.41) is 10.5. The second kappa shape index (κ2) is 6.19. The van der Waals surface area contributed by atoms with E-state index in [1.54, 1.807) is 18.4 Å². The number of alkyl halides is 3. The van der Waals surface area contributed by atoms with Gasteiger partial charge in [-0.15, -0.1) is 11.3 Å². The molecule has 102 valence electrons. The quantitative estimate of drug-likeness (QED) is 0.870. The van der Waals surface area contributed by atoms with Gasteiger partial charge in [-0.3, -0.25) is 4.90 Å². The Morgan fingerprint density at radius 3 is 2.67 bits per heavy atom. The first kappa shape index (κ1) is 15.0. The molecule has 18 heavy (non-hydrogen) atoms. The Labute approximate surface area is 107 Å². The van der Waals surface area contributed by atoms with Crippen LogP contribution in [0.4, 0.5) is 13.2 Å². The molecule has 0 fully saturated rings. The second-order valence-corrected chi connectivity index (χ2v) is 4.82. The van der Waals surface area contributed by atoms with Crippen LogP contribution in [-0.2, 0) is 6.54 Å². The summed E-state index contributed by atoms with van der Waals surface area (Å²) in [5.41, 5.74) is 0.435. The van der Waals surface area contributed by atoms with Gasteiger partial charge in [0, 0.05) is 6.54 Å². The van der Waals surface area contributed by atoms with Gasteiger partial charge in [0.1, 0.15) is 4.88 Å². The molecule has 1 N–H and O–H groups in total. The van der Waals surface area contributed by atoms with E-state index < -0.39 is 18.7 Å². The number of nitrogens with zero attached hydrogens (tertiary/aromatic N) is 1. The molecule has 0 saturated heterocycles. The van der Waals surface area contributed by atoms with Crippen LogP contribution in [0.2, 0.25) is 0 Å². The predicted molar refractivity (Wildman–Crippen MR) is 62.9 cm³/mol. The van der Waals surface area contributed by atoms with Crippen molar-refractivity contribution in [1.82, 2.24) is 4.90 Å². The molecule has 1 aromatic heterocycles. The summed E-state index contributed by atoms with van der Waals surface area (Å²) in [6, 6.07) is 1.56. The lowest BCUT2D eigenvalue weighted by atomic mass is 10.2. The van der Waals surface area contributed by atoms with E-state index in [0.717, 1.165) is 11.3 Å². The number of halogens is 3. The van der Waals surface area contributed by atoms with E-state index >= 15 is 0 Å². The van der Waals surface area contributed by atoms with Gasteiger partial charge in [-0.1, -0.05) is 6.92 Å². The lowest BCUT2D eigenvalue weighted by Gasteiger charge is -2.22. The highest BCUT2D eigenvalue weighted by atomic mass is 32.1. The zero-order valence-corrected chi connectivity index (χ0v) is 10.6. The van der Waals surface area contributed by atoms with Crippen molar-refractivity contribution < 1.29 is 23.1 Å². The number of carbonyl (C=O) groups is 1. The second-order valence-electron chi connectivity index (χ2n) is 3.91. The summed E-state index contributed by atoms with van der Waals surface area (Å²) in [6.07, 6.45) is -3.68. The van der Waals surface area contributed by atoms with Gasteiger partial charge in [0.2, 0.25) is 0 Å². The molecule has 0 spiro atoms. The molecular weight excluding hydrogens is 267 g/mol. The van der Waals surface area contributed by atoms with Crippen molar-refractivity contribution in [2.45, 2.75) is 26.1 Å². The van der Waals surface area contributed by atoms with Crippen LogP contribution in [0.15, 0.2) is 11.4 Å². The summed E-state index contributed by atoms with van der Waals surface area (Å²) in [7, 11) is 0. The Morgan fingerprint density at radius 2 is 2.17 bits per heavy atom. The average Bonchev–Trinajstić information content (AvgIpc) is 2.63. The molecule has 1 rings (SSSR count). The van der Waals surface area contributed by atoms with Gasteiger partial charge in [0.05, 0.1) is 6.54 Å². The Bertz CT molecular complexity index is 403. The number of rotatable bonds is 6. The van der Waals surface area contributed by atoms with Crippen LogP contribution in [-0.4, -0.2) is 35.2 Å². The van der Waals surface area contributed by atoms with E-state index in [4.69, 9.17) is 5.11 Å². The molecule has 1 heterocycles. The third-order valence-electron chi connectivity index (χ3n) is 2.28. The fourth-order valence-electron chi connectivity index (χ4n) is 1.67. The molecule has 0 unspecified atom stereocenters. The maximum Gasteiger partial charge on any atom is 0.401 e. The van der Waals surface area contributed by atoms with Gasteiger partial charge in [0.25, 0.3) is 0 Å². The zero-order valence-electron chi connectivity index (χ0n) is 9.83. The Hall–Kier alpha value is -1.08. The average molecular weight is 281 g/mol.